The topological polar surface area (TPSA) is 113 Å². The van der Waals surface area contributed by atoms with E-state index in [9.17, 15) is 32.7 Å². The number of hydrogen-bond acceptors (Lipinski definition) is 6. The molecule has 9 nitrogen and oxygen atoms in total. The van der Waals surface area contributed by atoms with Crippen LogP contribution >= 0.6 is 0 Å². The number of carbonyl (C=O) groups is 1. The van der Waals surface area contributed by atoms with E-state index in [1.807, 2.05) is 6.07 Å². The molecule has 2 aromatic rings. The molecule has 0 spiro atoms. The molecule has 2 rings (SSSR count). The van der Waals surface area contributed by atoms with Gasteiger partial charge < -0.3 is 14.6 Å². The van der Waals surface area contributed by atoms with Crippen LogP contribution in [0.25, 0.3) is 0 Å². The van der Waals surface area contributed by atoms with Crippen molar-refractivity contribution in [2.45, 2.75) is 103 Å². The monoisotopic (exact) mass is 557 g/mol. The van der Waals surface area contributed by atoms with Crippen molar-refractivity contribution >= 4 is 5.97 Å². The maximum atomic E-state index is 12.9. The fourth-order valence-corrected chi connectivity index (χ4v) is 3.82. The molecule has 218 valence electrons. The van der Waals surface area contributed by atoms with Crippen LogP contribution in [0.3, 0.4) is 0 Å². The van der Waals surface area contributed by atoms with E-state index in [1.54, 1.807) is 18.2 Å². The first kappa shape index (κ1) is 31.9. The van der Waals surface area contributed by atoms with Gasteiger partial charge in [0, 0.05) is 19.5 Å². The summed E-state index contributed by atoms with van der Waals surface area (Å²) < 4.78 is 50.9. The zero-order valence-electron chi connectivity index (χ0n) is 22.8. The van der Waals surface area contributed by atoms with Gasteiger partial charge in [-0.05, 0) is 57.2 Å². The molecule has 0 aliphatic heterocycles. The molecule has 1 N–H and O–H groups in total. The van der Waals surface area contributed by atoms with Gasteiger partial charge in [0.15, 0.2) is 5.60 Å². The molecule has 0 radical (unpaired) electrons. The lowest BCUT2D eigenvalue weighted by Crippen LogP contribution is -2.42. The number of alkyl halides is 3. The quantitative estimate of drug-likeness (QED) is 0.273. The van der Waals surface area contributed by atoms with Gasteiger partial charge in [0.05, 0.1) is 6.61 Å². The number of benzene rings is 1. The van der Waals surface area contributed by atoms with E-state index in [0.717, 1.165) is 40.5 Å². The van der Waals surface area contributed by atoms with Gasteiger partial charge in [0.1, 0.15) is 5.75 Å². The normalized spacial score (nSPS) is 11.9. The van der Waals surface area contributed by atoms with Crippen molar-refractivity contribution in [3.05, 3.63) is 50.7 Å². The summed E-state index contributed by atoms with van der Waals surface area (Å²) in [6.45, 7) is 4.89. The van der Waals surface area contributed by atoms with Crippen molar-refractivity contribution in [2.24, 2.45) is 0 Å². The number of hydrogen-bond donors (Lipinski definition) is 1. The molecule has 0 bridgehead atoms. The Labute approximate surface area is 225 Å². The number of aliphatic carboxylic acids is 1. The molecule has 12 heteroatoms. The van der Waals surface area contributed by atoms with E-state index in [1.165, 1.54) is 13.8 Å². The molecule has 0 aliphatic carbocycles. The maximum Gasteiger partial charge on any atom is 0.389 e. The number of aryl methyl sites for hydroxylation is 2. The lowest BCUT2D eigenvalue weighted by Gasteiger charge is -2.21. The lowest BCUT2D eigenvalue weighted by atomic mass is 10.1. The summed E-state index contributed by atoms with van der Waals surface area (Å²) in [6, 6.07) is 6.95. The Bertz CT molecular complexity index is 1190. The summed E-state index contributed by atoms with van der Waals surface area (Å²) in [5, 5.41) is 13.2. The summed E-state index contributed by atoms with van der Waals surface area (Å²) in [7, 11) is 0. The third-order valence-corrected chi connectivity index (χ3v) is 6.04. The van der Waals surface area contributed by atoms with Gasteiger partial charge in [-0.2, -0.15) is 13.2 Å². The highest BCUT2D eigenvalue weighted by molar-refractivity contribution is 5.76. The van der Waals surface area contributed by atoms with Gasteiger partial charge in [-0.15, -0.1) is 5.10 Å². The van der Waals surface area contributed by atoms with Crippen molar-refractivity contribution in [2.75, 3.05) is 6.61 Å². The van der Waals surface area contributed by atoms with Crippen LogP contribution in [0.2, 0.25) is 0 Å². The number of nitrogens with zero attached hydrogens (tertiary/aromatic N) is 3. The van der Waals surface area contributed by atoms with Gasteiger partial charge in [-0.25, -0.2) is 14.3 Å². The van der Waals surface area contributed by atoms with Crippen molar-refractivity contribution in [3.63, 3.8) is 0 Å². The second kappa shape index (κ2) is 14.7. The predicted octanol–water partition coefficient (Wildman–Crippen LogP) is 4.97. The van der Waals surface area contributed by atoms with E-state index in [4.69, 9.17) is 9.47 Å². The number of halogens is 3. The van der Waals surface area contributed by atoms with Gasteiger partial charge in [-0.1, -0.05) is 44.7 Å². The Kier molecular flexibility index (Phi) is 12.1. The van der Waals surface area contributed by atoms with E-state index < -0.39 is 35.4 Å². The Morgan fingerprint density at radius 1 is 1.03 bits per heavy atom. The van der Waals surface area contributed by atoms with Crippen molar-refractivity contribution in [1.29, 1.82) is 0 Å². The van der Waals surface area contributed by atoms with Crippen LogP contribution in [0.15, 0.2) is 33.9 Å². The number of aromatic nitrogens is 3. The fourth-order valence-electron chi connectivity index (χ4n) is 3.82. The first-order valence-corrected chi connectivity index (χ1v) is 13.3. The Morgan fingerprint density at radius 2 is 1.74 bits per heavy atom. The first-order chi connectivity index (χ1) is 18.3. The zero-order chi connectivity index (χ0) is 29.1. The number of ether oxygens (including phenoxy) is 2. The molecular weight excluding hydrogens is 519 g/mol. The van der Waals surface area contributed by atoms with Crippen LogP contribution in [0.4, 0.5) is 13.2 Å². The average molecular weight is 558 g/mol. The van der Waals surface area contributed by atoms with Crippen molar-refractivity contribution < 1.29 is 32.5 Å². The van der Waals surface area contributed by atoms with E-state index in [-0.39, 0.29) is 32.0 Å². The van der Waals surface area contributed by atoms with Crippen LogP contribution in [-0.4, -0.2) is 43.8 Å². The fraction of sp³-hybridized carbons (Fsp3) is 0.630. The second-order valence-electron chi connectivity index (χ2n) is 9.92. The van der Waals surface area contributed by atoms with Crippen LogP contribution < -0.4 is 20.7 Å². The molecule has 39 heavy (non-hydrogen) atoms. The van der Waals surface area contributed by atoms with Gasteiger partial charge >= 0.3 is 23.4 Å². The molecule has 0 fully saturated rings. The minimum atomic E-state index is -4.36. The molecular formula is C27H38F3N3O6. The van der Waals surface area contributed by atoms with Crippen LogP contribution in [0.5, 0.6) is 11.6 Å². The average Bonchev–Trinajstić information content (AvgIpc) is 2.85. The first-order valence-electron chi connectivity index (χ1n) is 13.3. The van der Waals surface area contributed by atoms with Crippen molar-refractivity contribution in [1.82, 2.24) is 14.3 Å². The van der Waals surface area contributed by atoms with Gasteiger partial charge in [0.25, 0.3) is 5.88 Å². The van der Waals surface area contributed by atoms with E-state index in [2.05, 4.69) is 12.0 Å². The maximum absolute atomic E-state index is 12.9. The lowest BCUT2D eigenvalue weighted by molar-refractivity contribution is -0.152. The molecule has 0 atom stereocenters. The highest BCUT2D eigenvalue weighted by Gasteiger charge is 2.29. The minimum Gasteiger partial charge on any atom is -0.478 e. The number of rotatable bonds is 17. The summed E-state index contributed by atoms with van der Waals surface area (Å²) in [5.74, 6) is -1.02. The summed E-state index contributed by atoms with van der Waals surface area (Å²) >= 11 is 0. The zero-order valence-corrected chi connectivity index (χ0v) is 22.8. The molecule has 0 amide bonds. The molecule has 0 saturated carbocycles. The number of unbranched alkanes of at least 4 members (excludes halogenated alkanes) is 4. The van der Waals surface area contributed by atoms with E-state index in [0.29, 0.717) is 25.0 Å². The van der Waals surface area contributed by atoms with Gasteiger partial charge in [-0.3, -0.25) is 9.36 Å². The summed E-state index contributed by atoms with van der Waals surface area (Å²) in [4.78, 5) is 37.0. The largest absolute Gasteiger partial charge is 0.478 e. The van der Waals surface area contributed by atoms with Crippen LogP contribution in [0, 0.1) is 0 Å². The smallest absolute Gasteiger partial charge is 0.389 e. The highest BCUT2D eigenvalue weighted by atomic mass is 19.4. The van der Waals surface area contributed by atoms with Crippen LogP contribution in [-0.2, 0) is 24.3 Å². The highest BCUT2D eigenvalue weighted by Crippen LogP contribution is 2.22. The third-order valence-electron chi connectivity index (χ3n) is 6.04. The molecule has 0 saturated heterocycles. The van der Waals surface area contributed by atoms with Crippen LogP contribution in [0.1, 0.15) is 77.7 Å². The van der Waals surface area contributed by atoms with Gasteiger partial charge in [0.2, 0.25) is 0 Å². The van der Waals surface area contributed by atoms with Crippen molar-refractivity contribution in [3.8, 4) is 11.6 Å². The Hall–Kier alpha value is -3.31. The Balaban J connectivity index is 2.08. The standard InChI is InChI=1S/C27H38F3N3O6/c1-4-5-6-7-8-16-32-23(34)22(31-33(25(32)37)17-11-15-27(28,29)30)38-18-10-13-20-12-9-14-21(19-20)39-26(2,3)24(35)36/h9,12,14,19H,4-8,10-11,13,15-18H2,1-3H3,(H,35,36). The Morgan fingerprint density at radius 3 is 2.41 bits per heavy atom. The number of carboxylic acid groups (broad SMARTS) is 1. The SMILES string of the molecule is CCCCCCCn1c(=O)c(OCCCc2cccc(OC(C)(C)C(=O)O)c2)nn(CCCC(F)(F)F)c1=O. The molecule has 1 aromatic carbocycles. The third kappa shape index (κ3) is 10.8. The summed E-state index contributed by atoms with van der Waals surface area (Å²) in [6.07, 6.45) is -0.372. The molecule has 1 aromatic heterocycles. The molecule has 1 heterocycles. The molecule has 0 unspecified atom stereocenters. The summed E-state index contributed by atoms with van der Waals surface area (Å²) in [5.41, 5.74) is -1.99. The predicted molar refractivity (Wildman–Crippen MR) is 139 cm³/mol. The number of carboxylic acids is 1. The van der Waals surface area contributed by atoms with E-state index >= 15 is 0 Å². The second-order valence-corrected chi connectivity index (χ2v) is 9.92. The minimum absolute atomic E-state index is 0.0746. The molecule has 0 aliphatic rings.